The molecule has 1 aromatic heterocycles. The Morgan fingerprint density at radius 2 is 1.90 bits per heavy atom. The van der Waals surface area contributed by atoms with E-state index in [9.17, 15) is 14.4 Å². The van der Waals surface area contributed by atoms with Gasteiger partial charge < -0.3 is 18.8 Å². The van der Waals surface area contributed by atoms with Crippen molar-refractivity contribution in [3.8, 4) is 11.8 Å². The normalized spacial score (nSPS) is 22.9. The molecule has 0 saturated carbocycles. The number of hydrogen-bond acceptors (Lipinski definition) is 8. The molecule has 39 heavy (non-hydrogen) atoms. The van der Waals surface area contributed by atoms with E-state index in [0.29, 0.717) is 35.9 Å². The number of carbonyl (C=O) groups excluding carboxylic acids is 3. The van der Waals surface area contributed by atoms with Gasteiger partial charge in [0.2, 0.25) is 0 Å². The van der Waals surface area contributed by atoms with Gasteiger partial charge in [-0.15, -0.1) is 5.92 Å². The number of aryl methyl sites for hydroxylation is 2. The smallest absolute Gasteiger partial charge is 0.357 e. The van der Waals surface area contributed by atoms with Gasteiger partial charge in [-0.3, -0.25) is 9.69 Å². The predicted octanol–water partition coefficient (Wildman–Crippen LogP) is 3.90. The van der Waals surface area contributed by atoms with Gasteiger partial charge in [-0.1, -0.05) is 5.92 Å². The predicted molar refractivity (Wildman–Crippen MR) is 152 cm³/mol. The third-order valence-corrected chi connectivity index (χ3v) is 8.33. The molecule has 0 radical (unpaired) electrons. The minimum atomic E-state index is -0.922. The van der Waals surface area contributed by atoms with Crippen LogP contribution in [0.4, 0.5) is 5.69 Å². The second-order valence-corrected chi connectivity index (χ2v) is 11.1. The average Bonchev–Trinajstić information content (AvgIpc) is 3.51. The number of fused-ring (bicyclic) bond motifs is 1. The fraction of sp³-hybridized carbons (Fsp3) is 0.379. The zero-order valence-electron chi connectivity index (χ0n) is 22.5. The Balaban J connectivity index is 1.85. The summed E-state index contributed by atoms with van der Waals surface area (Å²) in [5.41, 5.74) is 1.20. The van der Waals surface area contributed by atoms with E-state index < -0.39 is 23.4 Å². The molecule has 3 aliphatic rings. The highest BCUT2D eigenvalue weighted by Gasteiger charge is 2.66. The number of furan rings is 1. The number of carbonyl (C=O) groups is 3. The number of halogens is 1. The maximum absolute atomic E-state index is 14.1. The maximum atomic E-state index is 14.1. The molecular weight excluding hydrogens is 613 g/mol. The SMILES string of the molecule is CC#CCN1c2ccc(I)cc2[C@]23C[C@@H](C)N(C(=O)c4cc(C)oc4C)C2=NC(C(=O)OC)=C(C(=O)OC)C13. The van der Waals surface area contributed by atoms with Crippen LogP contribution in [0.1, 0.15) is 47.7 Å². The minimum absolute atomic E-state index is 0.0917. The number of anilines is 1. The number of amides is 1. The summed E-state index contributed by atoms with van der Waals surface area (Å²) < 4.78 is 16.9. The van der Waals surface area contributed by atoms with Gasteiger partial charge in [0.15, 0.2) is 5.70 Å². The number of rotatable bonds is 4. The quantitative estimate of drug-likeness (QED) is 0.284. The van der Waals surface area contributed by atoms with Gasteiger partial charge in [0.05, 0.1) is 43.4 Å². The molecule has 1 saturated heterocycles. The van der Waals surface area contributed by atoms with Gasteiger partial charge in [0.1, 0.15) is 17.4 Å². The second-order valence-electron chi connectivity index (χ2n) is 9.83. The first kappa shape index (κ1) is 27.0. The van der Waals surface area contributed by atoms with E-state index >= 15 is 0 Å². The Morgan fingerprint density at radius 3 is 2.51 bits per heavy atom. The van der Waals surface area contributed by atoms with Crippen molar-refractivity contribution in [2.45, 2.75) is 51.6 Å². The number of benzene rings is 1. The number of likely N-dealkylation sites (tertiary alicyclic amines) is 1. The average molecular weight is 641 g/mol. The van der Waals surface area contributed by atoms with E-state index in [1.54, 1.807) is 31.7 Å². The van der Waals surface area contributed by atoms with Crippen molar-refractivity contribution >= 4 is 52.0 Å². The number of ether oxygens (including phenoxy) is 2. The lowest BCUT2D eigenvalue weighted by Crippen LogP contribution is -2.55. The van der Waals surface area contributed by atoms with Crippen LogP contribution in [0.25, 0.3) is 0 Å². The number of methoxy groups -OCH3 is 2. The molecule has 1 amide bonds. The minimum Gasteiger partial charge on any atom is -0.466 e. The molecule has 5 rings (SSSR count). The number of amidine groups is 1. The molecule has 1 spiro atoms. The van der Waals surface area contributed by atoms with E-state index in [4.69, 9.17) is 18.9 Å². The first-order chi connectivity index (χ1) is 18.6. The van der Waals surface area contributed by atoms with Crippen LogP contribution in [0.15, 0.2) is 44.9 Å². The molecule has 0 bridgehead atoms. The van der Waals surface area contributed by atoms with Crippen LogP contribution in [0.2, 0.25) is 0 Å². The summed E-state index contributed by atoms with van der Waals surface area (Å²) >= 11 is 2.25. The molecule has 1 fully saturated rings. The van der Waals surface area contributed by atoms with Crippen LogP contribution < -0.4 is 4.90 Å². The van der Waals surface area contributed by atoms with Crippen molar-refractivity contribution in [1.29, 1.82) is 0 Å². The standard InChI is InChI=1S/C29H28IN3O6/c1-7-8-11-32-21-10-9-18(30)13-20(21)29-14-15(2)33(25(34)19-12-16(3)39-17(19)4)28(29)31-23(27(36)38-6)22(24(29)32)26(35)37-5/h9-10,12-13,15,24H,11,14H2,1-6H3/t15-,24?,29+/m1/s1. The molecule has 9 nitrogen and oxygen atoms in total. The lowest BCUT2D eigenvalue weighted by molar-refractivity contribution is -0.139. The Labute approximate surface area is 240 Å². The van der Waals surface area contributed by atoms with Crippen LogP contribution in [0, 0.1) is 29.3 Å². The van der Waals surface area contributed by atoms with E-state index in [1.165, 1.54) is 14.2 Å². The maximum Gasteiger partial charge on any atom is 0.357 e. The summed E-state index contributed by atoms with van der Waals surface area (Å²) in [4.78, 5) is 49.1. The summed E-state index contributed by atoms with van der Waals surface area (Å²) in [6, 6.07) is 6.73. The van der Waals surface area contributed by atoms with Crippen LogP contribution in [0.5, 0.6) is 0 Å². The molecular formula is C29H28IN3O6. The Kier molecular flexibility index (Phi) is 6.83. The van der Waals surface area contributed by atoms with Crippen LogP contribution >= 0.6 is 22.6 Å². The van der Waals surface area contributed by atoms with Crippen molar-refractivity contribution in [2.24, 2.45) is 4.99 Å². The lowest BCUT2D eigenvalue weighted by atomic mass is 9.69. The van der Waals surface area contributed by atoms with Gasteiger partial charge in [0.25, 0.3) is 5.91 Å². The van der Waals surface area contributed by atoms with E-state index in [1.807, 2.05) is 24.0 Å². The second kappa shape index (κ2) is 9.86. The lowest BCUT2D eigenvalue weighted by Gasteiger charge is -2.40. The molecule has 202 valence electrons. The number of aliphatic imine (C=N–C) groups is 1. The zero-order valence-corrected chi connectivity index (χ0v) is 24.7. The monoisotopic (exact) mass is 641 g/mol. The molecule has 1 unspecified atom stereocenters. The van der Waals surface area contributed by atoms with Gasteiger partial charge in [-0.25, -0.2) is 14.6 Å². The van der Waals surface area contributed by atoms with E-state index in [2.05, 4.69) is 40.5 Å². The molecule has 10 heteroatoms. The Morgan fingerprint density at radius 1 is 1.18 bits per heavy atom. The highest BCUT2D eigenvalue weighted by Crippen LogP contribution is 2.58. The van der Waals surface area contributed by atoms with Crippen molar-refractivity contribution in [1.82, 2.24) is 4.90 Å². The third-order valence-electron chi connectivity index (χ3n) is 7.66. The highest BCUT2D eigenvalue weighted by atomic mass is 127. The summed E-state index contributed by atoms with van der Waals surface area (Å²) in [6.45, 7) is 7.52. The van der Waals surface area contributed by atoms with Crippen molar-refractivity contribution in [3.63, 3.8) is 0 Å². The van der Waals surface area contributed by atoms with Crippen LogP contribution in [0.3, 0.4) is 0 Å². The summed E-state index contributed by atoms with van der Waals surface area (Å²) in [5.74, 6) is 5.82. The van der Waals surface area contributed by atoms with Crippen LogP contribution in [-0.2, 0) is 24.5 Å². The molecule has 2 aromatic rings. The molecule has 1 aromatic carbocycles. The van der Waals surface area contributed by atoms with Gasteiger partial charge in [-0.05, 0) is 86.5 Å². The zero-order chi connectivity index (χ0) is 28.2. The molecule has 0 aliphatic carbocycles. The van der Waals surface area contributed by atoms with Gasteiger partial charge in [0, 0.05) is 15.3 Å². The third kappa shape index (κ3) is 3.89. The fourth-order valence-electron chi connectivity index (χ4n) is 6.24. The fourth-order valence-corrected chi connectivity index (χ4v) is 6.73. The first-order valence-corrected chi connectivity index (χ1v) is 13.5. The summed E-state index contributed by atoms with van der Waals surface area (Å²) in [6.07, 6.45) is 0.468. The van der Waals surface area contributed by atoms with E-state index in [-0.39, 0.29) is 23.2 Å². The van der Waals surface area contributed by atoms with Crippen molar-refractivity contribution < 1.29 is 28.3 Å². The highest BCUT2D eigenvalue weighted by molar-refractivity contribution is 14.1. The molecule has 3 atom stereocenters. The largest absolute Gasteiger partial charge is 0.466 e. The van der Waals surface area contributed by atoms with Crippen molar-refractivity contribution in [2.75, 3.05) is 25.7 Å². The molecule has 3 aliphatic heterocycles. The summed E-state index contributed by atoms with van der Waals surface area (Å²) in [7, 11) is 2.50. The van der Waals surface area contributed by atoms with E-state index in [0.717, 1.165) is 14.8 Å². The van der Waals surface area contributed by atoms with Crippen LogP contribution in [-0.4, -0.2) is 61.4 Å². The number of esters is 2. The van der Waals surface area contributed by atoms with Crippen molar-refractivity contribution in [3.05, 3.63) is 61.8 Å². The van der Waals surface area contributed by atoms with Gasteiger partial charge >= 0.3 is 11.9 Å². The molecule has 4 heterocycles. The van der Waals surface area contributed by atoms with Gasteiger partial charge in [-0.2, -0.15) is 0 Å². The number of nitrogens with zero attached hydrogens (tertiary/aromatic N) is 3. The summed E-state index contributed by atoms with van der Waals surface area (Å²) in [5, 5.41) is 0. The Hall–Kier alpha value is -3.59. The topological polar surface area (TPSA) is 102 Å². The molecule has 0 N–H and O–H groups in total. The number of hydrogen-bond donors (Lipinski definition) is 0. The first-order valence-electron chi connectivity index (χ1n) is 12.5. The Bertz CT molecular complexity index is 1540.